The minimum atomic E-state index is -0.477. The lowest BCUT2D eigenvalue weighted by molar-refractivity contribution is -0.203. The van der Waals surface area contributed by atoms with Crippen LogP contribution in [0.5, 0.6) is 0 Å². The van der Waals surface area contributed by atoms with E-state index < -0.39 is 11.8 Å². The van der Waals surface area contributed by atoms with Crippen LogP contribution in [-0.4, -0.2) is 54.1 Å². The van der Waals surface area contributed by atoms with Gasteiger partial charge in [0.05, 0.1) is 5.60 Å². The van der Waals surface area contributed by atoms with Crippen LogP contribution >= 0.6 is 0 Å². The Labute approximate surface area is 188 Å². The van der Waals surface area contributed by atoms with E-state index in [1.54, 1.807) is 0 Å². The number of fused-ring (bicyclic) bond motifs is 5. The Kier molecular flexibility index (Phi) is 5.82. The summed E-state index contributed by atoms with van der Waals surface area (Å²) < 4.78 is 11.2. The van der Waals surface area contributed by atoms with Crippen molar-refractivity contribution >= 4 is 6.16 Å². The van der Waals surface area contributed by atoms with Crippen LogP contribution < -0.4 is 0 Å². The molecule has 0 aromatic rings. The van der Waals surface area contributed by atoms with E-state index in [2.05, 4.69) is 18.7 Å². The summed E-state index contributed by atoms with van der Waals surface area (Å²) in [6.07, 6.45) is 13.2. The molecule has 4 aliphatic carbocycles. The van der Waals surface area contributed by atoms with Crippen molar-refractivity contribution in [1.29, 1.82) is 0 Å². The molecule has 176 valence electrons. The fourth-order valence-corrected chi connectivity index (χ4v) is 8.72. The van der Waals surface area contributed by atoms with Crippen LogP contribution in [0, 0.1) is 28.6 Å². The first-order chi connectivity index (χ1) is 14.8. The van der Waals surface area contributed by atoms with E-state index in [1.165, 1.54) is 44.9 Å². The third-order valence-electron chi connectivity index (χ3n) is 10.7. The number of nitrogens with zero attached hydrogens (tertiary/aromatic N) is 1. The summed E-state index contributed by atoms with van der Waals surface area (Å²) in [6, 6.07) is 0. The molecule has 1 saturated heterocycles. The van der Waals surface area contributed by atoms with E-state index in [-0.39, 0.29) is 16.9 Å². The molecule has 5 heteroatoms. The van der Waals surface area contributed by atoms with Gasteiger partial charge in [0.15, 0.2) is 0 Å². The normalized spacial score (nSPS) is 47.3. The maximum atomic E-state index is 12.3. The minimum Gasteiger partial charge on any atom is -0.433 e. The average Bonchev–Trinajstić information content (AvgIpc) is 3.35. The number of hydrogen-bond acceptors (Lipinski definition) is 5. The van der Waals surface area contributed by atoms with Gasteiger partial charge in [-0.25, -0.2) is 4.79 Å². The second-order valence-electron chi connectivity index (χ2n) is 12.0. The van der Waals surface area contributed by atoms with Gasteiger partial charge in [-0.2, -0.15) is 0 Å². The maximum Gasteiger partial charge on any atom is 0.508 e. The Morgan fingerprint density at radius 3 is 2.58 bits per heavy atom. The standard InChI is InChI=1S/C26H43NO4/c1-24-10-5-11-26(24,29)22-7-6-19-18-20(8-13-25(19,2)21(22)9-12-24)31-23(28)30-17-16-27-14-3-4-15-27/h19-22,29H,3-18H2,1-2H3/t19-,20+,21+,22-,24+,25+,26+/m1/s1. The predicted octanol–water partition coefficient (Wildman–Crippen LogP) is 5.15. The molecule has 5 aliphatic rings. The van der Waals surface area contributed by atoms with Crippen LogP contribution in [0.4, 0.5) is 4.79 Å². The maximum absolute atomic E-state index is 12.3. The van der Waals surface area contributed by atoms with Gasteiger partial charge >= 0.3 is 6.16 Å². The zero-order valence-corrected chi connectivity index (χ0v) is 19.7. The van der Waals surface area contributed by atoms with Gasteiger partial charge in [0.2, 0.25) is 0 Å². The van der Waals surface area contributed by atoms with Gasteiger partial charge in [-0.3, -0.25) is 4.90 Å². The van der Waals surface area contributed by atoms with Crippen LogP contribution in [-0.2, 0) is 9.47 Å². The number of carbonyl (C=O) groups is 1. The van der Waals surface area contributed by atoms with Crippen molar-refractivity contribution in [3.63, 3.8) is 0 Å². The molecule has 0 aromatic heterocycles. The molecule has 7 atom stereocenters. The second kappa shape index (κ2) is 8.20. The van der Waals surface area contributed by atoms with Crippen molar-refractivity contribution in [3.8, 4) is 0 Å². The highest BCUT2D eigenvalue weighted by atomic mass is 16.7. The molecule has 0 unspecified atom stereocenters. The Hall–Kier alpha value is -0.810. The molecule has 5 nitrogen and oxygen atoms in total. The van der Waals surface area contributed by atoms with Crippen LogP contribution in [0.2, 0.25) is 0 Å². The second-order valence-corrected chi connectivity index (χ2v) is 12.0. The van der Waals surface area contributed by atoms with Crippen molar-refractivity contribution in [1.82, 2.24) is 4.90 Å². The molecule has 1 heterocycles. The van der Waals surface area contributed by atoms with Gasteiger partial charge in [-0.15, -0.1) is 0 Å². The predicted molar refractivity (Wildman–Crippen MR) is 120 cm³/mol. The number of rotatable bonds is 4. The SMILES string of the molecule is C[C@]12CC[C@H](OC(=O)OCCN3CCCC3)C[C@H]1CC[C@@H]1[C@@H]2CC[C@]2(C)CCC[C@]12O. The lowest BCUT2D eigenvalue weighted by Crippen LogP contribution is -2.61. The molecule has 1 aliphatic heterocycles. The third-order valence-corrected chi connectivity index (χ3v) is 10.7. The summed E-state index contributed by atoms with van der Waals surface area (Å²) in [7, 11) is 0. The van der Waals surface area contributed by atoms with E-state index in [1.807, 2.05) is 0 Å². The van der Waals surface area contributed by atoms with Crippen LogP contribution in [0.15, 0.2) is 0 Å². The van der Waals surface area contributed by atoms with E-state index in [9.17, 15) is 9.90 Å². The Balaban J connectivity index is 1.16. The first-order valence-electron chi connectivity index (χ1n) is 13.1. The molecule has 4 saturated carbocycles. The lowest BCUT2D eigenvalue weighted by atomic mass is 9.44. The zero-order valence-electron chi connectivity index (χ0n) is 19.7. The van der Waals surface area contributed by atoms with Crippen LogP contribution in [0.3, 0.4) is 0 Å². The molecule has 5 fully saturated rings. The smallest absolute Gasteiger partial charge is 0.433 e. The Bertz CT molecular complexity index is 678. The number of ether oxygens (including phenoxy) is 2. The molecule has 1 N–H and O–H groups in total. The number of carbonyl (C=O) groups excluding carboxylic acids is 1. The largest absolute Gasteiger partial charge is 0.508 e. The highest BCUT2D eigenvalue weighted by Gasteiger charge is 2.64. The summed E-state index contributed by atoms with van der Waals surface area (Å²) in [4.78, 5) is 14.6. The van der Waals surface area contributed by atoms with Crippen molar-refractivity contribution < 1.29 is 19.4 Å². The van der Waals surface area contributed by atoms with E-state index in [0.717, 1.165) is 51.7 Å². The summed E-state index contributed by atoms with van der Waals surface area (Å²) in [5, 5.41) is 11.8. The fraction of sp³-hybridized carbons (Fsp3) is 0.962. The molecular weight excluding hydrogens is 390 g/mol. The van der Waals surface area contributed by atoms with E-state index >= 15 is 0 Å². The average molecular weight is 434 g/mol. The van der Waals surface area contributed by atoms with Crippen LogP contribution in [0.25, 0.3) is 0 Å². The Morgan fingerprint density at radius 2 is 1.77 bits per heavy atom. The molecule has 0 spiro atoms. The number of likely N-dealkylation sites (tertiary alicyclic amines) is 1. The molecule has 0 radical (unpaired) electrons. The molecule has 5 rings (SSSR count). The third kappa shape index (κ3) is 3.72. The monoisotopic (exact) mass is 433 g/mol. The number of hydrogen-bond donors (Lipinski definition) is 1. The topological polar surface area (TPSA) is 59.0 Å². The zero-order chi connectivity index (χ0) is 21.7. The number of aliphatic hydroxyl groups is 1. The van der Waals surface area contributed by atoms with Crippen LogP contribution in [0.1, 0.15) is 90.9 Å². The van der Waals surface area contributed by atoms with Gasteiger partial charge in [0, 0.05) is 6.54 Å². The molecule has 31 heavy (non-hydrogen) atoms. The van der Waals surface area contributed by atoms with E-state index in [0.29, 0.717) is 24.4 Å². The van der Waals surface area contributed by atoms with Crippen molar-refractivity contribution in [2.75, 3.05) is 26.2 Å². The molecule has 0 bridgehead atoms. The van der Waals surface area contributed by atoms with Gasteiger partial charge < -0.3 is 14.6 Å². The minimum absolute atomic E-state index is 0.00247. The fourth-order valence-electron chi connectivity index (χ4n) is 8.72. The highest BCUT2D eigenvalue weighted by Crippen LogP contribution is 2.67. The van der Waals surface area contributed by atoms with E-state index in [4.69, 9.17) is 9.47 Å². The Morgan fingerprint density at radius 1 is 0.968 bits per heavy atom. The quantitative estimate of drug-likeness (QED) is 0.621. The van der Waals surface area contributed by atoms with Gasteiger partial charge in [-0.1, -0.05) is 13.8 Å². The molecular formula is C26H43NO4. The van der Waals surface area contributed by atoms with Gasteiger partial charge in [0.25, 0.3) is 0 Å². The molecule has 0 amide bonds. The van der Waals surface area contributed by atoms with Crippen molar-refractivity contribution in [2.45, 2.75) is 103 Å². The van der Waals surface area contributed by atoms with Crippen molar-refractivity contribution in [3.05, 3.63) is 0 Å². The summed E-state index contributed by atoms with van der Waals surface area (Å²) in [5.41, 5.74) is -0.0328. The first kappa shape index (κ1) is 22.0. The highest BCUT2D eigenvalue weighted by molar-refractivity contribution is 5.60. The first-order valence-corrected chi connectivity index (χ1v) is 13.1. The van der Waals surface area contributed by atoms with Gasteiger partial charge in [0.1, 0.15) is 12.7 Å². The summed E-state index contributed by atoms with van der Waals surface area (Å²) in [5.74, 6) is 1.68. The summed E-state index contributed by atoms with van der Waals surface area (Å²) >= 11 is 0. The lowest BCUT2D eigenvalue weighted by Gasteiger charge is -2.63. The van der Waals surface area contributed by atoms with Gasteiger partial charge in [-0.05, 0) is 119 Å². The summed E-state index contributed by atoms with van der Waals surface area (Å²) in [6.45, 7) is 8.35. The molecule has 0 aromatic carbocycles. The van der Waals surface area contributed by atoms with Crippen molar-refractivity contribution in [2.24, 2.45) is 28.6 Å².